The van der Waals surface area contributed by atoms with Crippen LogP contribution < -0.4 is 14.9 Å². The lowest BCUT2D eigenvalue weighted by Crippen LogP contribution is -2.19. The van der Waals surface area contributed by atoms with Gasteiger partial charge in [0.25, 0.3) is 5.91 Å². The summed E-state index contributed by atoms with van der Waals surface area (Å²) < 4.78 is 15.8. The molecule has 0 bridgehead atoms. The van der Waals surface area contributed by atoms with Crippen LogP contribution in [0.1, 0.15) is 34.4 Å². The van der Waals surface area contributed by atoms with E-state index in [1.165, 1.54) is 0 Å². The fraction of sp³-hybridized carbons (Fsp3) is 0.294. The number of hydrazone groups is 1. The first-order valence-electron chi connectivity index (χ1n) is 7.10. The highest BCUT2D eigenvalue weighted by atomic mass is 16.5. The number of aryl methyl sites for hydroxylation is 2. The SMILES string of the molecule is COc1ccc(/C(C)=N\NC(=O)c2cc(C)oc2C)c(OC)c1. The maximum atomic E-state index is 12.1. The molecular formula is C17H20N2O4. The van der Waals surface area contributed by atoms with Gasteiger partial charge in [-0.15, -0.1) is 0 Å². The lowest BCUT2D eigenvalue weighted by molar-refractivity contribution is 0.0953. The molecule has 0 fully saturated rings. The quantitative estimate of drug-likeness (QED) is 0.679. The molecule has 6 heteroatoms. The summed E-state index contributed by atoms with van der Waals surface area (Å²) in [7, 11) is 3.16. The molecule has 0 aliphatic carbocycles. The summed E-state index contributed by atoms with van der Waals surface area (Å²) >= 11 is 0. The number of amides is 1. The van der Waals surface area contributed by atoms with Gasteiger partial charge in [-0.05, 0) is 39.0 Å². The van der Waals surface area contributed by atoms with E-state index in [2.05, 4.69) is 10.5 Å². The Bertz CT molecular complexity index is 747. The van der Waals surface area contributed by atoms with Crippen molar-refractivity contribution in [2.45, 2.75) is 20.8 Å². The van der Waals surface area contributed by atoms with Crippen molar-refractivity contribution in [3.05, 3.63) is 46.9 Å². The van der Waals surface area contributed by atoms with Crippen LogP contribution in [0.3, 0.4) is 0 Å². The van der Waals surface area contributed by atoms with Crippen LogP contribution in [-0.4, -0.2) is 25.8 Å². The molecule has 0 saturated heterocycles. The summed E-state index contributed by atoms with van der Waals surface area (Å²) in [5.41, 5.74) is 4.40. The number of furan rings is 1. The number of benzene rings is 1. The van der Waals surface area contributed by atoms with E-state index in [0.29, 0.717) is 34.3 Å². The average Bonchev–Trinajstić information content (AvgIpc) is 2.90. The molecule has 0 aliphatic heterocycles. The Kier molecular flexibility index (Phi) is 5.05. The van der Waals surface area contributed by atoms with Crippen molar-refractivity contribution >= 4 is 11.6 Å². The highest BCUT2D eigenvalue weighted by Gasteiger charge is 2.14. The third-order valence-electron chi connectivity index (χ3n) is 3.41. The number of carbonyl (C=O) groups excluding carboxylic acids is 1. The van der Waals surface area contributed by atoms with Crippen molar-refractivity contribution in [1.29, 1.82) is 0 Å². The fourth-order valence-corrected chi connectivity index (χ4v) is 2.21. The molecule has 0 atom stereocenters. The van der Waals surface area contributed by atoms with Gasteiger partial charge in [-0.3, -0.25) is 4.79 Å². The van der Waals surface area contributed by atoms with Crippen molar-refractivity contribution in [1.82, 2.24) is 5.43 Å². The van der Waals surface area contributed by atoms with Gasteiger partial charge in [-0.2, -0.15) is 5.10 Å². The molecule has 122 valence electrons. The normalized spacial score (nSPS) is 11.3. The second kappa shape index (κ2) is 7.00. The smallest absolute Gasteiger partial charge is 0.274 e. The summed E-state index contributed by atoms with van der Waals surface area (Å²) in [5, 5.41) is 4.14. The van der Waals surface area contributed by atoms with Crippen molar-refractivity contribution < 1.29 is 18.7 Å². The molecule has 1 aromatic heterocycles. The monoisotopic (exact) mass is 316 g/mol. The van der Waals surface area contributed by atoms with Gasteiger partial charge in [0.15, 0.2) is 0 Å². The van der Waals surface area contributed by atoms with Crippen molar-refractivity contribution in [2.24, 2.45) is 5.10 Å². The topological polar surface area (TPSA) is 73.1 Å². The number of rotatable bonds is 5. The third-order valence-corrected chi connectivity index (χ3v) is 3.41. The maximum Gasteiger partial charge on any atom is 0.274 e. The van der Waals surface area contributed by atoms with Crippen LogP contribution >= 0.6 is 0 Å². The minimum absolute atomic E-state index is 0.314. The molecule has 6 nitrogen and oxygen atoms in total. The minimum Gasteiger partial charge on any atom is -0.497 e. The van der Waals surface area contributed by atoms with E-state index in [1.807, 2.05) is 12.1 Å². The van der Waals surface area contributed by atoms with Crippen LogP contribution in [0.15, 0.2) is 33.8 Å². The van der Waals surface area contributed by atoms with Crippen molar-refractivity contribution in [2.75, 3.05) is 14.2 Å². The molecule has 1 aromatic carbocycles. The van der Waals surface area contributed by atoms with E-state index in [-0.39, 0.29) is 5.91 Å². The molecule has 0 saturated carbocycles. The van der Waals surface area contributed by atoms with E-state index >= 15 is 0 Å². The standard InChI is InChI=1S/C17H20N2O4/c1-10-8-15(12(3)23-10)17(20)19-18-11(2)14-7-6-13(21-4)9-16(14)22-5/h6-9H,1-5H3,(H,19,20)/b18-11-. The number of hydrogen-bond donors (Lipinski definition) is 1. The third kappa shape index (κ3) is 3.71. The summed E-state index contributed by atoms with van der Waals surface area (Å²) in [6.45, 7) is 5.32. The zero-order valence-corrected chi connectivity index (χ0v) is 13.9. The van der Waals surface area contributed by atoms with Crippen LogP contribution in [0.25, 0.3) is 0 Å². The van der Waals surface area contributed by atoms with Gasteiger partial charge in [-0.25, -0.2) is 5.43 Å². The molecule has 0 spiro atoms. The van der Waals surface area contributed by atoms with E-state index in [9.17, 15) is 4.79 Å². The van der Waals surface area contributed by atoms with Gasteiger partial charge in [0.05, 0.1) is 25.5 Å². The predicted molar refractivity (Wildman–Crippen MR) is 87.4 cm³/mol. The summed E-state index contributed by atoms with van der Waals surface area (Å²) in [5.74, 6) is 2.24. The Labute approximate surface area is 135 Å². The minimum atomic E-state index is -0.314. The number of ether oxygens (including phenoxy) is 2. The summed E-state index contributed by atoms with van der Waals surface area (Å²) in [6.07, 6.45) is 0. The van der Waals surface area contributed by atoms with Crippen LogP contribution in [0.4, 0.5) is 0 Å². The Morgan fingerprint density at radius 2 is 1.87 bits per heavy atom. The zero-order valence-electron chi connectivity index (χ0n) is 13.9. The molecular weight excluding hydrogens is 296 g/mol. The van der Waals surface area contributed by atoms with Crippen LogP contribution in [0, 0.1) is 13.8 Å². The first kappa shape index (κ1) is 16.6. The molecule has 1 amide bonds. The molecule has 0 aliphatic rings. The number of nitrogens with zero attached hydrogens (tertiary/aromatic N) is 1. The Hall–Kier alpha value is -2.76. The van der Waals surface area contributed by atoms with Crippen molar-refractivity contribution in [3.63, 3.8) is 0 Å². The molecule has 1 heterocycles. The second-order valence-electron chi connectivity index (χ2n) is 5.03. The van der Waals surface area contributed by atoms with Gasteiger partial charge in [-0.1, -0.05) is 0 Å². The second-order valence-corrected chi connectivity index (χ2v) is 5.03. The zero-order chi connectivity index (χ0) is 17.0. The Morgan fingerprint density at radius 3 is 2.43 bits per heavy atom. The van der Waals surface area contributed by atoms with Crippen LogP contribution in [0.2, 0.25) is 0 Å². The van der Waals surface area contributed by atoms with Gasteiger partial charge >= 0.3 is 0 Å². The molecule has 23 heavy (non-hydrogen) atoms. The molecule has 2 rings (SSSR count). The largest absolute Gasteiger partial charge is 0.497 e. The average molecular weight is 316 g/mol. The van der Waals surface area contributed by atoms with Gasteiger partial charge < -0.3 is 13.9 Å². The lowest BCUT2D eigenvalue weighted by Gasteiger charge is -2.10. The molecule has 1 N–H and O–H groups in total. The Balaban J connectivity index is 2.20. The van der Waals surface area contributed by atoms with E-state index in [0.717, 1.165) is 5.56 Å². The molecule has 2 aromatic rings. The lowest BCUT2D eigenvalue weighted by atomic mass is 10.1. The van der Waals surface area contributed by atoms with Crippen LogP contribution in [0.5, 0.6) is 11.5 Å². The fourth-order valence-electron chi connectivity index (χ4n) is 2.21. The van der Waals surface area contributed by atoms with Gasteiger partial charge in [0.1, 0.15) is 23.0 Å². The number of nitrogens with one attached hydrogen (secondary N) is 1. The predicted octanol–water partition coefficient (Wildman–Crippen LogP) is 3.07. The summed E-state index contributed by atoms with van der Waals surface area (Å²) in [6, 6.07) is 7.08. The van der Waals surface area contributed by atoms with Gasteiger partial charge in [0, 0.05) is 11.6 Å². The number of carbonyl (C=O) groups is 1. The maximum absolute atomic E-state index is 12.1. The van der Waals surface area contributed by atoms with E-state index in [1.54, 1.807) is 47.1 Å². The van der Waals surface area contributed by atoms with E-state index < -0.39 is 0 Å². The van der Waals surface area contributed by atoms with E-state index in [4.69, 9.17) is 13.9 Å². The van der Waals surface area contributed by atoms with Gasteiger partial charge in [0.2, 0.25) is 0 Å². The first-order chi connectivity index (χ1) is 11.0. The molecule has 0 radical (unpaired) electrons. The Morgan fingerprint density at radius 1 is 1.13 bits per heavy atom. The number of methoxy groups -OCH3 is 2. The number of hydrogen-bond acceptors (Lipinski definition) is 5. The first-order valence-corrected chi connectivity index (χ1v) is 7.10. The highest BCUT2D eigenvalue weighted by molar-refractivity contribution is 6.03. The molecule has 0 unspecified atom stereocenters. The van der Waals surface area contributed by atoms with Crippen molar-refractivity contribution in [3.8, 4) is 11.5 Å². The summed E-state index contributed by atoms with van der Waals surface area (Å²) in [4.78, 5) is 12.1. The van der Waals surface area contributed by atoms with Crippen LogP contribution in [-0.2, 0) is 0 Å². The highest BCUT2D eigenvalue weighted by Crippen LogP contribution is 2.25.